The molecule has 1 saturated heterocycles. The van der Waals surface area contributed by atoms with Crippen molar-refractivity contribution in [3.63, 3.8) is 0 Å². The first-order valence-electron chi connectivity index (χ1n) is 5.28. The highest BCUT2D eigenvalue weighted by molar-refractivity contribution is 7.13. The second kappa shape index (κ2) is 4.47. The van der Waals surface area contributed by atoms with Gasteiger partial charge in [0.25, 0.3) is 0 Å². The number of piperazine rings is 1. The molecule has 1 aliphatic heterocycles. The van der Waals surface area contributed by atoms with Crippen LogP contribution in [0.3, 0.4) is 0 Å². The van der Waals surface area contributed by atoms with E-state index in [9.17, 15) is 0 Å². The molecule has 2 N–H and O–H groups in total. The number of thiazole rings is 1. The maximum Gasteiger partial charge on any atom is 0.185 e. The van der Waals surface area contributed by atoms with Gasteiger partial charge in [0.15, 0.2) is 5.13 Å². The molecule has 0 saturated carbocycles. The number of likely N-dealkylation sites (N-methyl/N-ethyl adjacent to an activating group) is 1. The molecule has 84 valence electrons. The highest BCUT2D eigenvalue weighted by Crippen LogP contribution is 2.23. The lowest BCUT2D eigenvalue weighted by molar-refractivity contribution is 0.269. The molecule has 1 fully saturated rings. The Balaban J connectivity index is 2.13. The van der Waals surface area contributed by atoms with E-state index in [0.29, 0.717) is 12.6 Å². The molecule has 5 heteroatoms. The number of hydrogen-bond acceptors (Lipinski definition) is 5. The van der Waals surface area contributed by atoms with Crippen molar-refractivity contribution in [2.45, 2.75) is 13.0 Å². The van der Waals surface area contributed by atoms with Gasteiger partial charge in [-0.1, -0.05) is 0 Å². The first kappa shape index (κ1) is 10.9. The maximum atomic E-state index is 5.81. The molecule has 1 atom stereocenters. The summed E-state index contributed by atoms with van der Waals surface area (Å²) in [6.07, 6.45) is 0. The Hall–Kier alpha value is -0.650. The largest absolute Gasteiger partial charge is 0.341 e. The van der Waals surface area contributed by atoms with Gasteiger partial charge in [-0.15, -0.1) is 11.3 Å². The molecule has 0 amide bonds. The standard InChI is InChI=1S/C10H18N4S/c1-8-7-15-10(12-8)14-4-3-13(2)6-9(14)5-11/h7,9H,3-6,11H2,1-2H3. The van der Waals surface area contributed by atoms with Crippen LogP contribution in [0.25, 0.3) is 0 Å². The van der Waals surface area contributed by atoms with Crippen LogP contribution in [0, 0.1) is 6.92 Å². The van der Waals surface area contributed by atoms with Crippen LogP contribution in [-0.4, -0.2) is 49.2 Å². The van der Waals surface area contributed by atoms with E-state index in [4.69, 9.17) is 5.73 Å². The molecule has 1 unspecified atom stereocenters. The SMILES string of the molecule is Cc1csc(N2CCN(C)CC2CN)n1. The molecule has 0 aliphatic carbocycles. The first-order chi connectivity index (χ1) is 7.20. The second-order valence-electron chi connectivity index (χ2n) is 4.12. The minimum atomic E-state index is 0.411. The summed E-state index contributed by atoms with van der Waals surface area (Å²) >= 11 is 1.72. The molecule has 1 aromatic heterocycles. The normalized spacial score (nSPS) is 23.4. The molecule has 1 aliphatic rings. The van der Waals surface area contributed by atoms with E-state index < -0.39 is 0 Å². The summed E-state index contributed by atoms with van der Waals surface area (Å²) in [5.41, 5.74) is 6.91. The van der Waals surface area contributed by atoms with E-state index in [1.807, 2.05) is 6.92 Å². The molecular formula is C10H18N4S. The summed E-state index contributed by atoms with van der Waals surface area (Å²) in [5.74, 6) is 0. The van der Waals surface area contributed by atoms with Crippen LogP contribution in [0.4, 0.5) is 5.13 Å². The summed E-state index contributed by atoms with van der Waals surface area (Å²) in [6.45, 7) is 5.89. The van der Waals surface area contributed by atoms with Gasteiger partial charge in [-0.2, -0.15) is 0 Å². The maximum absolute atomic E-state index is 5.81. The Kier molecular flexibility index (Phi) is 3.23. The summed E-state index contributed by atoms with van der Waals surface area (Å²) < 4.78 is 0. The molecule has 2 heterocycles. The zero-order valence-corrected chi connectivity index (χ0v) is 10.1. The molecule has 15 heavy (non-hydrogen) atoms. The van der Waals surface area contributed by atoms with Crippen molar-refractivity contribution in [1.29, 1.82) is 0 Å². The van der Waals surface area contributed by atoms with Crippen LogP contribution >= 0.6 is 11.3 Å². The third kappa shape index (κ3) is 2.30. The predicted molar refractivity (Wildman–Crippen MR) is 64.5 cm³/mol. The molecule has 0 spiro atoms. The van der Waals surface area contributed by atoms with Crippen molar-refractivity contribution < 1.29 is 0 Å². The van der Waals surface area contributed by atoms with E-state index in [2.05, 4.69) is 27.2 Å². The van der Waals surface area contributed by atoms with Crippen molar-refractivity contribution >= 4 is 16.5 Å². The lowest BCUT2D eigenvalue weighted by Gasteiger charge is -2.39. The zero-order chi connectivity index (χ0) is 10.8. The fraction of sp³-hybridized carbons (Fsp3) is 0.700. The Labute approximate surface area is 94.7 Å². The van der Waals surface area contributed by atoms with E-state index in [-0.39, 0.29) is 0 Å². The summed E-state index contributed by atoms with van der Waals surface area (Å²) in [6, 6.07) is 0.411. The van der Waals surface area contributed by atoms with Crippen molar-refractivity contribution in [3.05, 3.63) is 11.1 Å². The third-order valence-corrected chi connectivity index (χ3v) is 3.81. The van der Waals surface area contributed by atoms with Gasteiger partial charge in [-0.05, 0) is 14.0 Å². The van der Waals surface area contributed by atoms with Gasteiger partial charge in [-0.25, -0.2) is 4.98 Å². The van der Waals surface area contributed by atoms with Crippen molar-refractivity contribution in [1.82, 2.24) is 9.88 Å². The van der Waals surface area contributed by atoms with Gasteiger partial charge < -0.3 is 15.5 Å². The van der Waals surface area contributed by atoms with Gasteiger partial charge in [0.05, 0.1) is 11.7 Å². The fourth-order valence-electron chi connectivity index (χ4n) is 1.94. The van der Waals surface area contributed by atoms with Crippen molar-refractivity contribution in [2.75, 3.05) is 38.1 Å². The number of aromatic nitrogens is 1. The number of aryl methyl sites for hydroxylation is 1. The van der Waals surface area contributed by atoms with Gasteiger partial charge >= 0.3 is 0 Å². The summed E-state index contributed by atoms with van der Waals surface area (Å²) in [5, 5.41) is 3.22. The Morgan fingerprint density at radius 3 is 3.00 bits per heavy atom. The van der Waals surface area contributed by atoms with Crippen LogP contribution < -0.4 is 10.6 Å². The molecule has 1 aromatic rings. The van der Waals surface area contributed by atoms with Crippen molar-refractivity contribution in [2.24, 2.45) is 5.73 Å². The van der Waals surface area contributed by atoms with Crippen LogP contribution in [0.15, 0.2) is 5.38 Å². The smallest absolute Gasteiger partial charge is 0.185 e. The topological polar surface area (TPSA) is 45.4 Å². The van der Waals surface area contributed by atoms with Gasteiger partial charge in [-0.3, -0.25) is 0 Å². The van der Waals surface area contributed by atoms with Crippen LogP contribution in [-0.2, 0) is 0 Å². The van der Waals surface area contributed by atoms with E-state index in [0.717, 1.165) is 30.5 Å². The average molecular weight is 226 g/mol. The molecule has 0 radical (unpaired) electrons. The fourth-order valence-corrected chi connectivity index (χ4v) is 2.84. The highest BCUT2D eigenvalue weighted by Gasteiger charge is 2.25. The van der Waals surface area contributed by atoms with Gasteiger partial charge in [0.1, 0.15) is 0 Å². The molecule has 2 rings (SSSR count). The average Bonchev–Trinajstić information content (AvgIpc) is 2.64. The Bertz CT molecular complexity index is 325. The Morgan fingerprint density at radius 1 is 1.60 bits per heavy atom. The summed E-state index contributed by atoms with van der Waals surface area (Å²) in [7, 11) is 2.15. The minimum absolute atomic E-state index is 0.411. The monoisotopic (exact) mass is 226 g/mol. The van der Waals surface area contributed by atoms with E-state index >= 15 is 0 Å². The highest BCUT2D eigenvalue weighted by atomic mass is 32.1. The van der Waals surface area contributed by atoms with Crippen molar-refractivity contribution in [3.8, 4) is 0 Å². The first-order valence-corrected chi connectivity index (χ1v) is 6.16. The quantitative estimate of drug-likeness (QED) is 0.799. The number of nitrogens with zero attached hydrogens (tertiary/aromatic N) is 3. The second-order valence-corrected chi connectivity index (χ2v) is 4.95. The molecular weight excluding hydrogens is 208 g/mol. The molecule has 0 aromatic carbocycles. The molecule has 4 nitrogen and oxygen atoms in total. The van der Waals surface area contributed by atoms with Gasteiger partial charge in [0.2, 0.25) is 0 Å². The molecule has 0 bridgehead atoms. The van der Waals surface area contributed by atoms with E-state index in [1.54, 1.807) is 11.3 Å². The lowest BCUT2D eigenvalue weighted by atomic mass is 10.2. The van der Waals surface area contributed by atoms with Crippen LogP contribution in [0.1, 0.15) is 5.69 Å². The predicted octanol–water partition coefficient (Wildman–Crippen LogP) is 0.531. The van der Waals surface area contributed by atoms with Crippen LogP contribution in [0.5, 0.6) is 0 Å². The number of hydrogen-bond donors (Lipinski definition) is 1. The van der Waals surface area contributed by atoms with Gasteiger partial charge in [0, 0.05) is 31.6 Å². The zero-order valence-electron chi connectivity index (χ0n) is 9.31. The minimum Gasteiger partial charge on any atom is -0.341 e. The number of nitrogens with two attached hydrogens (primary N) is 1. The third-order valence-electron chi connectivity index (χ3n) is 2.81. The summed E-state index contributed by atoms with van der Waals surface area (Å²) in [4.78, 5) is 9.20. The lowest BCUT2D eigenvalue weighted by Crippen LogP contribution is -2.55. The Morgan fingerprint density at radius 2 is 2.40 bits per heavy atom. The van der Waals surface area contributed by atoms with Crippen LogP contribution in [0.2, 0.25) is 0 Å². The number of rotatable bonds is 2. The number of anilines is 1. The van der Waals surface area contributed by atoms with E-state index in [1.165, 1.54) is 0 Å².